The topological polar surface area (TPSA) is 93.2 Å². The summed E-state index contributed by atoms with van der Waals surface area (Å²) in [6, 6.07) is 6.00. The second-order valence-corrected chi connectivity index (χ2v) is 5.59. The first-order chi connectivity index (χ1) is 13.2. The molecular formula is C19H25F3N4OS. The van der Waals surface area contributed by atoms with Crippen LogP contribution in [0, 0.1) is 24.4 Å². The van der Waals surface area contributed by atoms with Gasteiger partial charge in [-0.05, 0) is 55.9 Å². The molecule has 0 atom stereocenters. The van der Waals surface area contributed by atoms with Crippen LogP contribution in [0.5, 0.6) is 0 Å². The van der Waals surface area contributed by atoms with E-state index in [1.54, 1.807) is 13.0 Å². The molecule has 0 aliphatic carbocycles. The predicted molar refractivity (Wildman–Crippen MR) is 111 cm³/mol. The van der Waals surface area contributed by atoms with Crippen LogP contribution in [0.3, 0.4) is 0 Å². The number of thiocarbonyl (C=S) groups is 1. The Hall–Kier alpha value is -2.81. The van der Waals surface area contributed by atoms with E-state index in [4.69, 9.17) is 11.5 Å². The first kappa shape index (κ1) is 25.2. The molecule has 2 aromatic rings. The van der Waals surface area contributed by atoms with Crippen molar-refractivity contribution < 1.29 is 18.0 Å². The monoisotopic (exact) mass is 414 g/mol. The molecule has 2 rings (SSSR count). The van der Waals surface area contributed by atoms with E-state index in [-0.39, 0.29) is 11.3 Å². The van der Waals surface area contributed by atoms with Crippen LogP contribution in [-0.2, 0) is 0 Å². The minimum absolute atomic E-state index is 0.0809. The molecule has 154 valence electrons. The highest BCUT2D eigenvalue weighted by Gasteiger charge is 2.18. The average molecular weight is 414 g/mol. The number of anilines is 2. The van der Waals surface area contributed by atoms with Gasteiger partial charge in [0, 0.05) is 6.54 Å². The number of aryl methyl sites for hydroxylation is 1. The fourth-order valence-corrected chi connectivity index (χ4v) is 2.05. The van der Waals surface area contributed by atoms with Gasteiger partial charge >= 0.3 is 0 Å². The summed E-state index contributed by atoms with van der Waals surface area (Å²) in [5.74, 6) is -4.05. The van der Waals surface area contributed by atoms with Crippen molar-refractivity contribution in [3.63, 3.8) is 0 Å². The summed E-state index contributed by atoms with van der Waals surface area (Å²) < 4.78 is 40.7. The van der Waals surface area contributed by atoms with E-state index in [1.807, 2.05) is 20.8 Å². The van der Waals surface area contributed by atoms with E-state index in [1.165, 1.54) is 12.1 Å². The summed E-state index contributed by atoms with van der Waals surface area (Å²) in [6.07, 6.45) is 0. The number of primary amides is 1. The molecule has 0 fully saturated rings. The summed E-state index contributed by atoms with van der Waals surface area (Å²) in [4.78, 5) is 11.2. The van der Waals surface area contributed by atoms with Crippen LogP contribution in [0.25, 0.3) is 0 Å². The maximum atomic E-state index is 13.8. The van der Waals surface area contributed by atoms with E-state index >= 15 is 0 Å². The first-order valence-corrected chi connectivity index (χ1v) is 8.92. The van der Waals surface area contributed by atoms with E-state index in [9.17, 15) is 18.0 Å². The molecule has 0 heterocycles. The fraction of sp³-hybridized carbons (Fsp3) is 0.263. The second kappa shape index (κ2) is 12.6. The highest BCUT2D eigenvalue weighted by atomic mass is 32.1. The summed E-state index contributed by atoms with van der Waals surface area (Å²) in [5, 5.41) is 5.46. The van der Waals surface area contributed by atoms with Gasteiger partial charge in [-0.25, -0.2) is 13.2 Å². The number of carbonyl (C=O) groups is 1. The Morgan fingerprint density at radius 1 is 1.07 bits per heavy atom. The van der Waals surface area contributed by atoms with Gasteiger partial charge in [0.1, 0.15) is 5.82 Å². The van der Waals surface area contributed by atoms with Crippen LogP contribution in [0.15, 0.2) is 30.3 Å². The number of nitrogens with two attached hydrogens (primary N) is 2. The van der Waals surface area contributed by atoms with Gasteiger partial charge in [-0.15, -0.1) is 0 Å². The van der Waals surface area contributed by atoms with E-state index in [0.717, 1.165) is 18.7 Å². The minimum Gasteiger partial charge on any atom is -0.376 e. The lowest BCUT2D eigenvalue weighted by Gasteiger charge is -2.12. The lowest BCUT2D eigenvalue weighted by molar-refractivity contribution is 0.100. The molecule has 0 saturated carbocycles. The van der Waals surface area contributed by atoms with Gasteiger partial charge in [0.25, 0.3) is 5.91 Å². The van der Waals surface area contributed by atoms with E-state index < -0.39 is 29.0 Å². The molecule has 28 heavy (non-hydrogen) atoms. The maximum absolute atomic E-state index is 13.8. The molecule has 5 nitrogen and oxygen atoms in total. The highest BCUT2D eigenvalue weighted by Crippen LogP contribution is 2.27. The van der Waals surface area contributed by atoms with Gasteiger partial charge in [-0.2, -0.15) is 0 Å². The van der Waals surface area contributed by atoms with Gasteiger partial charge in [-0.1, -0.05) is 19.9 Å². The zero-order valence-corrected chi connectivity index (χ0v) is 17.0. The smallest absolute Gasteiger partial charge is 0.250 e. The highest BCUT2D eigenvalue weighted by molar-refractivity contribution is 7.80. The molecule has 0 spiro atoms. The van der Waals surface area contributed by atoms with Crippen LogP contribution in [0.4, 0.5) is 24.5 Å². The maximum Gasteiger partial charge on any atom is 0.250 e. The normalized spacial score (nSPS) is 9.25. The largest absolute Gasteiger partial charge is 0.376 e. The second-order valence-electron chi connectivity index (χ2n) is 5.15. The quantitative estimate of drug-likeness (QED) is 0.565. The van der Waals surface area contributed by atoms with Crippen LogP contribution in [-0.4, -0.2) is 17.6 Å². The van der Waals surface area contributed by atoms with Crippen molar-refractivity contribution in [2.24, 2.45) is 11.5 Å². The van der Waals surface area contributed by atoms with Crippen molar-refractivity contribution in [1.29, 1.82) is 0 Å². The standard InChI is InChI=1S/C14H11F3N2O.C3H8N2S.C2H6/c1-7-2-5-11(10(16)6-7)19-13-8(14(18)20)3-4-9(15)12(13)17;1-2-5-3(4)6;1-2/h2-6,19H,1H3,(H2,18,20);2H2,1H3,(H3,4,5,6);1-2H3. The number of rotatable bonds is 4. The lowest BCUT2D eigenvalue weighted by atomic mass is 10.1. The lowest BCUT2D eigenvalue weighted by Crippen LogP contribution is -2.28. The van der Waals surface area contributed by atoms with Crippen molar-refractivity contribution in [1.82, 2.24) is 5.32 Å². The molecule has 2 aromatic carbocycles. The summed E-state index contributed by atoms with van der Waals surface area (Å²) in [6.45, 7) is 8.44. The Bertz CT molecular complexity index is 816. The molecule has 0 aliphatic heterocycles. The summed E-state index contributed by atoms with van der Waals surface area (Å²) in [7, 11) is 0. The SMILES string of the molecule is CC.CCNC(N)=S.Cc1ccc(Nc2c(C(N)=O)ccc(F)c2F)c(F)c1. The molecule has 0 aromatic heterocycles. The van der Waals surface area contributed by atoms with Gasteiger partial charge in [0.2, 0.25) is 0 Å². The zero-order chi connectivity index (χ0) is 21.9. The molecule has 0 bridgehead atoms. The number of hydrogen-bond acceptors (Lipinski definition) is 3. The van der Waals surface area contributed by atoms with Gasteiger partial charge in [0.05, 0.1) is 16.9 Å². The molecule has 1 amide bonds. The molecule has 6 N–H and O–H groups in total. The Morgan fingerprint density at radius 2 is 1.68 bits per heavy atom. The number of hydrogen-bond donors (Lipinski definition) is 4. The molecule has 9 heteroatoms. The van der Waals surface area contributed by atoms with E-state index in [2.05, 4.69) is 22.9 Å². The number of amides is 1. The van der Waals surface area contributed by atoms with Crippen molar-refractivity contribution in [3.8, 4) is 0 Å². The number of halogens is 3. The molecule has 0 saturated heterocycles. The number of carbonyl (C=O) groups excluding carboxylic acids is 1. The predicted octanol–water partition coefficient (Wildman–Crippen LogP) is 4.12. The van der Waals surface area contributed by atoms with Gasteiger partial charge in [-0.3, -0.25) is 4.79 Å². The van der Waals surface area contributed by atoms with E-state index in [0.29, 0.717) is 10.7 Å². The van der Waals surface area contributed by atoms with Crippen molar-refractivity contribution in [3.05, 3.63) is 58.9 Å². The van der Waals surface area contributed by atoms with Crippen LogP contribution in [0.1, 0.15) is 36.7 Å². The molecule has 0 unspecified atom stereocenters. The van der Waals surface area contributed by atoms with Gasteiger partial charge < -0.3 is 22.1 Å². The molecule has 0 aliphatic rings. The van der Waals surface area contributed by atoms with Crippen LogP contribution < -0.4 is 22.1 Å². The Labute approximate surface area is 168 Å². The third-order valence-electron chi connectivity index (χ3n) is 3.10. The molecular weight excluding hydrogens is 389 g/mol. The van der Waals surface area contributed by atoms with Crippen molar-refractivity contribution in [2.75, 3.05) is 11.9 Å². The first-order valence-electron chi connectivity index (χ1n) is 8.51. The Kier molecular flexibility index (Phi) is 11.3. The Balaban J connectivity index is 0.000000780. The third-order valence-corrected chi connectivity index (χ3v) is 3.24. The number of nitrogens with one attached hydrogen (secondary N) is 2. The summed E-state index contributed by atoms with van der Waals surface area (Å²) >= 11 is 4.46. The average Bonchev–Trinajstić information content (AvgIpc) is 2.63. The summed E-state index contributed by atoms with van der Waals surface area (Å²) in [5.41, 5.74) is 9.95. The van der Waals surface area contributed by atoms with Crippen molar-refractivity contribution in [2.45, 2.75) is 27.7 Å². The van der Waals surface area contributed by atoms with Crippen molar-refractivity contribution >= 4 is 34.6 Å². The zero-order valence-electron chi connectivity index (χ0n) is 16.2. The van der Waals surface area contributed by atoms with Crippen LogP contribution >= 0.6 is 12.2 Å². The Morgan fingerprint density at radius 3 is 2.11 bits per heavy atom. The molecule has 0 radical (unpaired) electrons. The van der Waals surface area contributed by atoms with Crippen LogP contribution in [0.2, 0.25) is 0 Å². The third kappa shape index (κ3) is 7.83. The number of benzene rings is 2. The minimum atomic E-state index is -1.29. The fourth-order valence-electron chi connectivity index (χ4n) is 1.91. The van der Waals surface area contributed by atoms with Gasteiger partial charge in [0.15, 0.2) is 16.7 Å².